The number of allylic oxidation sites excluding steroid dienone is 2. The fourth-order valence-electron chi connectivity index (χ4n) is 9.98. The first-order valence-corrected chi connectivity index (χ1v) is 15.8. The van der Waals surface area contributed by atoms with Crippen molar-refractivity contribution in [3.8, 4) is 0 Å². The Morgan fingerprint density at radius 3 is 2.38 bits per heavy atom. The van der Waals surface area contributed by atoms with E-state index in [0.717, 1.165) is 54.1 Å². The maximum absolute atomic E-state index is 12.9. The summed E-state index contributed by atoms with van der Waals surface area (Å²) in [6.45, 7) is 12.4. The van der Waals surface area contributed by atoms with Crippen LogP contribution in [0.4, 0.5) is 0 Å². The third-order valence-corrected chi connectivity index (χ3v) is 12.1. The zero-order chi connectivity index (χ0) is 27.9. The molecule has 0 saturated heterocycles. The van der Waals surface area contributed by atoms with Crippen LogP contribution < -0.4 is 0 Å². The highest BCUT2D eigenvalue weighted by Gasteiger charge is 2.60. The number of carboxylic acids is 1. The first kappa shape index (κ1) is 28.4. The highest BCUT2D eigenvalue weighted by Crippen LogP contribution is 2.68. The summed E-state index contributed by atoms with van der Waals surface area (Å²) in [6.07, 6.45) is 16.1. The number of esters is 1. The van der Waals surface area contributed by atoms with Crippen LogP contribution in [0.2, 0.25) is 0 Å². The lowest BCUT2D eigenvalue weighted by Gasteiger charge is -2.60. The molecule has 1 N–H and O–H groups in total. The van der Waals surface area contributed by atoms with Gasteiger partial charge in [-0.05, 0) is 115 Å². The van der Waals surface area contributed by atoms with Crippen LogP contribution >= 0.6 is 0 Å². The summed E-state index contributed by atoms with van der Waals surface area (Å²) in [7, 11) is 0. The number of hydrogen-bond acceptors (Lipinski definition) is 3. The maximum atomic E-state index is 12.9. The number of hydrogen-bond donors (Lipinski definition) is 1. The topological polar surface area (TPSA) is 63.6 Å². The number of benzene rings is 1. The molecule has 4 heteroatoms. The molecule has 1 aromatic rings. The fraction of sp³-hybridized carbons (Fsp3) is 0.714. The standard InChI is InChI=1S/C35H50O4/c1-22(2)9-8-10-23(3)29-15-16-30-28-14-13-24-21-25(17-19-34(24,4)31(28)18-20-35(29,30)5)39-33(38)27-12-7-6-11-26(27)32(36)37/h6-7,11-12,17,22-24,28-31H,8-10,13-16,18-21H2,1-5H3,(H,36,37)/t23-,24?,28?,29-,30?,31?,34+,35-/m1/s1. The minimum Gasteiger partial charge on any atom is -0.478 e. The van der Waals surface area contributed by atoms with Gasteiger partial charge in [0.25, 0.3) is 0 Å². The van der Waals surface area contributed by atoms with E-state index in [2.05, 4.69) is 40.7 Å². The molecule has 0 radical (unpaired) electrons. The summed E-state index contributed by atoms with van der Waals surface area (Å²) < 4.78 is 5.83. The Kier molecular flexibility index (Phi) is 8.06. The van der Waals surface area contributed by atoms with Gasteiger partial charge in [0, 0.05) is 6.42 Å². The molecular formula is C35H50O4. The van der Waals surface area contributed by atoms with Crippen LogP contribution in [0.3, 0.4) is 0 Å². The average Bonchev–Trinajstić information content (AvgIpc) is 3.26. The van der Waals surface area contributed by atoms with E-state index in [1.165, 1.54) is 63.9 Å². The highest BCUT2D eigenvalue weighted by atomic mass is 16.5. The van der Waals surface area contributed by atoms with Gasteiger partial charge in [-0.3, -0.25) is 0 Å². The molecule has 3 saturated carbocycles. The Bertz CT molecular complexity index is 1100. The van der Waals surface area contributed by atoms with Crippen molar-refractivity contribution in [3.63, 3.8) is 0 Å². The molecule has 4 aliphatic carbocycles. The Morgan fingerprint density at radius 2 is 1.67 bits per heavy atom. The van der Waals surface area contributed by atoms with Crippen LogP contribution in [-0.2, 0) is 4.74 Å². The molecule has 5 rings (SSSR count). The smallest absolute Gasteiger partial charge is 0.344 e. The highest BCUT2D eigenvalue weighted by molar-refractivity contribution is 6.02. The van der Waals surface area contributed by atoms with Crippen LogP contribution in [-0.4, -0.2) is 17.0 Å². The van der Waals surface area contributed by atoms with E-state index in [1.807, 2.05) is 0 Å². The molecule has 0 spiro atoms. The molecule has 0 aliphatic heterocycles. The number of aromatic carboxylic acids is 1. The number of carbonyl (C=O) groups excluding carboxylic acids is 1. The molecule has 4 aliphatic rings. The second kappa shape index (κ2) is 11.1. The average molecular weight is 535 g/mol. The third kappa shape index (κ3) is 5.22. The largest absolute Gasteiger partial charge is 0.478 e. The molecular weight excluding hydrogens is 484 g/mol. The lowest BCUT2D eigenvalue weighted by Crippen LogP contribution is -2.53. The summed E-state index contributed by atoms with van der Waals surface area (Å²) in [5.41, 5.74) is 0.895. The van der Waals surface area contributed by atoms with Gasteiger partial charge in [0.1, 0.15) is 5.76 Å². The molecule has 39 heavy (non-hydrogen) atoms. The number of rotatable bonds is 8. The van der Waals surface area contributed by atoms with Gasteiger partial charge in [-0.1, -0.05) is 66.0 Å². The predicted octanol–water partition coefficient (Wildman–Crippen LogP) is 9.16. The number of fused-ring (bicyclic) bond motifs is 5. The fourth-order valence-corrected chi connectivity index (χ4v) is 9.98. The summed E-state index contributed by atoms with van der Waals surface area (Å²) in [6, 6.07) is 6.33. The summed E-state index contributed by atoms with van der Waals surface area (Å²) in [5, 5.41) is 9.48. The molecule has 8 atom stereocenters. The van der Waals surface area contributed by atoms with Crippen LogP contribution in [0.25, 0.3) is 0 Å². The Hall–Kier alpha value is -2.10. The summed E-state index contributed by atoms with van der Waals surface area (Å²) in [5.74, 6) is 4.58. The number of carbonyl (C=O) groups is 2. The monoisotopic (exact) mass is 534 g/mol. The van der Waals surface area contributed by atoms with E-state index < -0.39 is 11.9 Å². The molecule has 0 heterocycles. The lowest BCUT2D eigenvalue weighted by molar-refractivity contribution is -0.104. The molecule has 0 amide bonds. The van der Waals surface area contributed by atoms with Gasteiger partial charge >= 0.3 is 11.9 Å². The Labute approximate surface area is 236 Å². The van der Waals surface area contributed by atoms with Crippen LogP contribution in [0.15, 0.2) is 36.1 Å². The van der Waals surface area contributed by atoms with Crippen molar-refractivity contribution in [1.29, 1.82) is 0 Å². The minimum absolute atomic E-state index is 0.00128. The predicted molar refractivity (Wildman–Crippen MR) is 155 cm³/mol. The van der Waals surface area contributed by atoms with Gasteiger partial charge in [0.15, 0.2) is 0 Å². The van der Waals surface area contributed by atoms with Crippen molar-refractivity contribution < 1.29 is 19.4 Å². The molecule has 4 nitrogen and oxygen atoms in total. The van der Waals surface area contributed by atoms with E-state index in [9.17, 15) is 14.7 Å². The van der Waals surface area contributed by atoms with Gasteiger partial charge in [0.2, 0.25) is 0 Å². The SMILES string of the molecule is CC(C)CCC[C@@H](C)[C@H]1CCC2C3CCC4CC(OC(=O)c5ccccc5C(=O)O)=CC[C@]4(C)C3CC[C@@]21C. The molecule has 4 unspecified atom stereocenters. The zero-order valence-electron chi connectivity index (χ0n) is 24.9. The van der Waals surface area contributed by atoms with Crippen molar-refractivity contribution >= 4 is 11.9 Å². The first-order valence-electron chi connectivity index (χ1n) is 15.8. The summed E-state index contributed by atoms with van der Waals surface area (Å²) in [4.78, 5) is 24.5. The van der Waals surface area contributed by atoms with E-state index in [-0.39, 0.29) is 16.5 Å². The second-order valence-corrected chi connectivity index (χ2v) is 14.5. The second-order valence-electron chi connectivity index (χ2n) is 14.5. The van der Waals surface area contributed by atoms with Crippen molar-refractivity contribution in [1.82, 2.24) is 0 Å². The van der Waals surface area contributed by atoms with Crippen molar-refractivity contribution in [2.45, 2.75) is 105 Å². The molecule has 1 aromatic carbocycles. The van der Waals surface area contributed by atoms with Gasteiger partial charge in [-0.2, -0.15) is 0 Å². The molecule has 214 valence electrons. The van der Waals surface area contributed by atoms with Crippen LogP contribution in [0, 0.1) is 52.3 Å². The quantitative estimate of drug-likeness (QED) is 0.338. The molecule has 3 fully saturated rings. The third-order valence-electron chi connectivity index (χ3n) is 12.1. The first-order chi connectivity index (χ1) is 18.5. The van der Waals surface area contributed by atoms with Crippen LogP contribution in [0.1, 0.15) is 126 Å². The van der Waals surface area contributed by atoms with Gasteiger partial charge in [-0.25, -0.2) is 9.59 Å². The van der Waals surface area contributed by atoms with Crippen molar-refractivity contribution in [2.75, 3.05) is 0 Å². The maximum Gasteiger partial charge on any atom is 0.344 e. The lowest BCUT2D eigenvalue weighted by atomic mass is 9.45. The Balaban J connectivity index is 1.26. The van der Waals surface area contributed by atoms with Gasteiger partial charge in [-0.15, -0.1) is 0 Å². The number of ether oxygens (including phenoxy) is 1. The van der Waals surface area contributed by atoms with E-state index in [1.54, 1.807) is 18.2 Å². The van der Waals surface area contributed by atoms with Crippen molar-refractivity contribution in [2.24, 2.45) is 52.3 Å². The normalized spacial score (nSPS) is 36.4. The molecule has 0 bridgehead atoms. The van der Waals surface area contributed by atoms with E-state index >= 15 is 0 Å². The number of carboxylic acid groups (broad SMARTS) is 1. The van der Waals surface area contributed by atoms with E-state index in [0.29, 0.717) is 11.3 Å². The minimum atomic E-state index is -1.10. The summed E-state index contributed by atoms with van der Waals surface area (Å²) >= 11 is 0. The molecule has 0 aromatic heterocycles. The van der Waals surface area contributed by atoms with Crippen molar-refractivity contribution in [3.05, 3.63) is 47.2 Å². The van der Waals surface area contributed by atoms with E-state index in [4.69, 9.17) is 4.74 Å². The van der Waals surface area contributed by atoms with Gasteiger partial charge < -0.3 is 9.84 Å². The Morgan fingerprint density at radius 1 is 0.949 bits per heavy atom. The van der Waals surface area contributed by atoms with Crippen LogP contribution in [0.5, 0.6) is 0 Å². The van der Waals surface area contributed by atoms with Gasteiger partial charge in [0.05, 0.1) is 11.1 Å². The zero-order valence-corrected chi connectivity index (χ0v) is 24.9.